The summed E-state index contributed by atoms with van der Waals surface area (Å²) in [6, 6.07) is 1.58. The summed E-state index contributed by atoms with van der Waals surface area (Å²) >= 11 is 0. The van der Waals surface area contributed by atoms with Gasteiger partial charge in [-0.05, 0) is 51.6 Å². The molecule has 0 aromatic rings. The first kappa shape index (κ1) is 12.4. The van der Waals surface area contributed by atoms with Crippen molar-refractivity contribution < 1.29 is 0 Å². The Balaban J connectivity index is 1.79. The summed E-state index contributed by atoms with van der Waals surface area (Å²) in [5.74, 6) is 0.978. The maximum absolute atomic E-state index is 3.71. The fourth-order valence-corrected chi connectivity index (χ4v) is 3.32. The molecule has 2 heterocycles. The van der Waals surface area contributed by atoms with Crippen LogP contribution in [0.3, 0.4) is 0 Å². The highest BCUT2D eigenvalue weighted by Crippen LogP contribution is 2.22. The summed E-state index contributed by atoms with van der Waals surface area (Å²) in [5.41, 5.74) is 0. The molecule has 94 valence electrons. The second-order valence-electron chi connectivity index (χ2n) is 5.79. The highest BCUT2D eigenvalue weighted by atomic mass is 15.2. The van der Waals surface area contributed by atoms with E-state index in [-0.39, 0.29) is 0 Å². The van der Waals surface area contributed by atoms with Crippen LogP contribution in [0, 0.1) is 5.92 Å². The minimum atomic E-state index is 0.763. The lowest BCUT2D eigenvalue weighted by atomic mass is 9.89. The Labute approximate surface area is 101 Å². The molecule has 3 unspecified atom stereocenters. The van der Waals surface area contributed by atoms with Crippen LogP contribution in [0.15, 0.2) is 0 Å². The first-order valence-corrected chi connectivity index (χ1v) is 7.27. The molecular weight excluding hydrogens is 196 g/mol. The van der Waals surface area contributed by atoms with Gasteiger partial charge in [0.15, 0.2) is 0 Å². The summed E-state index contributed by atoms with van der Waals surface area (Å²) in [4.78, 5) is 2.71. The third-order valence-corrected chi connectivity index (χ3v) is 4.58. The third-order valence-electron chi connectivity index (χ3n) is 4.58. The van der Waals surface area contributed by atoms with E-state index in [4.69, 9.17) is 0 Å². The molecule has 16 heavy (non-hydrogen) atoms. The quantitative estimate of drug-likeness (QED) is 0.793. The molecular formula is C14H28N2. The molecule has 0 radical (unpaired) electrons. The van der Waals surface area contributed by atoms with E-state index in [0.717, 1.165) is 18.0 Å². The third kappa shape index (κ3) is 3.21. The fraction of sp³-hybridized carbons (Fsp3) is 1.00. The average molecular weight is 224 g/mol. The Morgan fingerprint density at radius 2 is 2.12 bits per heavy atom. The second-order valence-corrected chi connectivity index (χ2v) is 5.79. The van der Waals surface area contributed by atoms with E-state index in [0.29, 0.717) is 0 Å². The van der Waals surface area contributed by atoms with Gasteiger partial charge in [0.2, 0.25) is 0 Å². The van der Waals surface area contributed by atoms with Gasteiger partial charge in [-0.25, -0.2) is 0 Å². The zero-order valence-electron chi connectivity index (χ0n) is 11.0. The fourth-order valence-electron chi connectivity index (χ4n) is 3.32. The van der Waals surface area contributed by atoms with E-state index in [1.165, 1.54) is 58.2 Å². The standard InChI is InChI=1S/C14H28N2/c1-3-13-7-8-15-14(10-13)11-16-9-5-4-6-12(16)2/h12-15H,3-11H2,1-2H3. The molecule has 0 bridgehead atoms. The molecule has 0 spiro atoms. The van der Waals surface area contributed by atoms with Crippen molar-refractivity contribution in [3.63, 3.8) is 0 Å². The minimum absolute atomic E-state index is 0.763. The summed E-state index contributed by atoms with van der Waals surface area (Å²) < 4.78 is 0. The number of nitrogens with zero attached hydrogens (tertiary/aromatic N) is 1. The molecule has 3 atom stereocenters. The predicted octanol–water partition coefficient (Wildman–Crippen LogP) is 2.64. The maximum Gasteiger partial charge on any atom is 0.0197 e. The van der Waals surface area contributed by atoms with Crippen LogP contribution in [0.25, 0.3) is 0 Å². The number of hydrogen-bond donors (Lipinski definition) is 1. The van der Waals surface area contributed by atoms with Crippen LogP contribution in [0.5, 0.6) is 0 Å². The smallest absolute Gasteiger partial charge is 0.0197 e. The molecule has 2 rings (SSSR count). The molecule has 0 aliphatic carbocycles. The Kier molecular flexibility index (Phi) is 4.66. The molecule has 2 aliphatic heterocycles. The lowest BCUT2D eigenvalue weighted by Gasteiger charge is -2.38. The lowest BCUT2D eigenvalue weighted by molar-refractivity contribution is 0.128. The summed E-state index contributed by atoms with van der Waals surface area (Å²) in [6.07, 6.45) is 8.42. The van der Waals surface area contributed by atoms with Gasteiger partial charge in [-0.2, -0.15) is 0 Å². The monoisotopic (exact) mass is 224 g/mol. The van der Waals surface area contributed by atoms with E-state index in [2.05, 4.69) is 24.1 Å². The Morgan fingerprint density at radius 3 is 2.88 bits per heavy atom. The van der Waals surface area contributed by atoms with E-state index in [1.54, 1.807) is 0 Å². The van der Waals surface area contributed by atoms with Crippen molar-refractivity contribution in [3.05, 3.63) is 0 Å². The van der Waals surface area contributed by atoms with Gasteiger partial charge in [-0.1, -0.05) is 19.8 Å². The van der Waals surface area contributed by atoms with Crippen molar-refractivity contribution in [1.82, 2.24) is 10.2 Å². The largest absolute Gasteiger partial charge is 0.313 e. The van der Waals surface area contributed by atoms with Crippen molar-refractivity contribution in [2.45, 2.75) is 64.5 Å². The van der Waals surface area contributed by atoms with Crippen molar-refractivity contribution in [2.24, 2.45) is 5.92 Å². The van der Waals surface area contributed by atoms with E-state index in [9.17, 15) is 0 Å². The first-order chi connectivity index (χ1) is 7.79. The zero-order valence-corrected chi connectivity index (χ0v) is 11.0. The molecule has 2 saturated heterocycles. The number of hydrogen-bond acceptors (Lipinski definition) is 2. The van der Waals surface area contributed by atoms with E-state index < -0.39 is 0 Å². The second kappa shape index (κ2) is 6.02. The highest BCUT2D eigenvalue weighted by molar-refractivity contribution is 4.83. The average Bonchev–Trinajstić information content (AvgIpc) is 2.32. The van der Waals surface area contributed by atoms with Crippen LogP contribution in [0.1, 0.15) is 52.4 Å². The summed E-state index contributed by atoms with van der Waals surface area (Å²) in [7, 11) is 0. The van der Waals surface area contributed by atoms with E-state index >= 15 is 0 Å². The van der Waals surface area contributed by atoms with Crippen LogP contribution in [0.4, 0.5) is 0 Å². The van der Waals surface area contributed by atoms with Gasteiger partial charge >= 0.3 is 0 Å². The van der Waals surface area contributed by atoms with Gasteiger partial charge in [0, 0.05) is 18.6 Å². The number of likely N-dealkylation sites (tertiary alicyclic amines) is 1. The molecule has 0 amide bonds. The van der Waals surface area contributed by atoms with Crippen LogP contribution in [-0.2, 0) is 0 Å². The minimum Gasteiger partial charge on any atom is -0.313 e. The van der Waals surface area contributed by atoms with Crippen LogP contribution < -0.4 is 5.32 Å². The lowest BCUT2D eigenvalue weighted by Crippen LogP contribution is -2.49. The first-order valence-electron chi connectivity index (χ1n) is 7.27. The number of nitrogens with one attached hydrogen (secondary N) is 1. The van der Waals surface area contributed by atoms with Gasteiger partial charge in [0.1, 0.15) is 0 Å². The highest BCUT2D eigenvalue weighted by Gasteiger charge is 2.25. The predicted molar refractivity (Wildman–Crippen MR) is 69.7 cm³/mol. The van der Waals surface area contributed by atoms with Gasteiger partial charge < -0.3 is 5.32 Å². The van der Waals surface area contributed by atoms with Gasteiger partial charge in [-0.3, -0.25) is 4.90 Å². The van der Waals surface area contributed by atoms with Gasteiger partial charge in [-0.15, -0.1) is 0 Å². The number of rotatable bonds is 3. The maximum atomic E-state index is 3.71. The van der Waals surface area contributed by atoms with Crippen molar-refractivity contribution in [2.75, 3.05) is 19.6 Å². The molecule has 2 fully saturated rings. The molecule has 2 aliphatic rings. The van der Waals surface area contributed by atoms with Gasteiger partial charge in [0.05, 0.1) is 0 Å². The van der Waals surface area contributed by atoms with Crippen molar-refractivity contribution in [3.8, 4) is 0 Å². The summed E-state index contributed by atoms with van der Waals surface area (Å²) in [6.45, 7) is 8.61. The summed E-state index contributed by atoms with van der Waals surface area (Å²) in [5, 5.41) is 3.71. The van der Waals surface area contributed by atoms with Crippen LogP contribution >= 0.6 is 0 Å². The Hall–Kier alpha value is -0.0800. The van der Waals surface area contributed by atoms with E-state index in [1.807, 2.05) is 0 Å². The number of piperidine rings is 2. The molecule has 2 heteroatoms. The van der Waals surface area contributed by atoms with Gasteiger partial charge in [0.25, 0.3) is 0 Å². The topological polar surface area (TPSA) is 15.3 Å². The van der Waals surface area contributed by atoms with Crippen LogP contribution in [-0.4, -0.2) is 36.6 Å². The SMILES string of the molecule is CCC1CCNC(CN2CCCCC2C)C1. The molecule has 2 nitrogen and oxygen atoms in total. The molecule has 0 saturated carbocycles. The molecule has 0 aromatic carbocycles. The molecule has 0 aromatic heterocycles. The Morgan fingerprint density at radius 1 is 1.25 bits per heavy atom. The molecule has 1 N–H and O–H groups in total. The van der Waals surface area contributed by atoms with Crippen LogP contribution in [0.2, 0.25) is 0 Å². The van der Waals surface area contributed by atoms with Crippen molar-refractivity contribution in [1.29, 1.82) is 0 Å². The Bertz CT molecular complexity index is 205. The normalized spacial score (nSPS) is 37.5. The zero-order chi connectivity index (χ0) is 11.4. The van der Waals surface area contributed by atoms with Crippen molar-refractivity contribution >= 4 is 0 Å².